The van der Waals surface area contributed by atoms with Gasteiger partial charge in [0.25, 0.3) is 0 Å². The summed E-state index contributed by atoms with van der Waals surface area (Å²) in [5.41, 5.74) is 1.39. The van der Waals surface area contributed by atoms with Crippen molar-refractivity contribution in [3.63, 3.8) is 0 Å². The minimum Gasteiger partial charge on any atom is -0.315 e. The summed E-state index contributed by atoms with van der Waals surface area (Å²) >= 11 is 0. The Morgan fingerprint density at radius 3 is 3.00 bits per heavy atom. The minimum atomic E-state index is 0.602. The first-order valence-corrected chi connectivity index (χ1v) is 5.15. The van der Waals surface area contributed by atoms with Gasteiger partial charge in [0.1, 0.15) is 0 Å². The molecule has 0 radical (unpaired) electrons. The third-order valence-electron chi connectivity index (χ3n) is 2.77. The molecule has 0 aliphatic carbocycles. The SMILES string of the molecule is CN1CCNCC(c2ccncc2)C1. The van der Waals surface area contributed by atoms with E-state index >= 15 is 0 Å². The summed E-state index contributed by atoms with van der Waals surface area (Å²) in [5, 5.41) is 3.46. The van der Waals surface area contributed by atoms with Gasteiger partial charge in [-0.2, -0.15) is 0 Å². The molecule has 1 unspecified atom stereocenters. The summed E-state index contributed by atoms with van der Waals surface area (Å²) in [6.45, 7) is 4.45. The standard InChI is InChI=1S/C11H17N3/c1-14-7-6-13-8-11(9-14)10-2-4-12-5-3-10/h2-5,11,13H,6-9H2,1H3. The molecule has 1 aliphatic heterocycles. The van der Waals surface area contributed by atoms with Crippen molar-refractivity contribution in [1.29, 1.82) is 0 Å². The molecule has 0 spiro atoms. The molecule has 1 saturated heterocycles. The topological polar surface area (TPSA) is 28.2 Å². The van der Waals surface area contributed by atoms with E-state index in [1.54, 1.807) is 0 Å². The number of aromatic nitrogens is 1. The summed E-state index contributed by atoms with van der Waals surface area (Å²) in [6, 6.07) is 4.23. The molecule has 0 amide bonds. The summed E-state index contributed by atoms with van der Waals surface area (Å²) in [4.78, 5) is 6.43. The highest BCUT2D eigenvalue weighted by Crippen LogP contribution is 2.16. The summed E-state index contributed by atoms with van der Waals surface area (Å²) in [5.74, 6) is 0.602. The lowest BCUT2D eigenvalue weighted by molar-refractivity contribution is 0.342. The first-order chi connectivity index (χ1) is 6.86. The van der Waals surface area contributed by atoms with Crippen LogP contribution in [0, 0.1) is 0 Å². The third kappa shape index (κ3) is 2.30. The first-order valence-electron chi connectivity index (χ1n) is 5.15. The van der Waals surface area contributed by atoms with Crippen LogP contribution in [0.5, 0.6) is 0 Å². The van der Waals surface area contributed by atoms with E-state index in [2.05, 4.69) is 34.4 Å². The fourth-order valence-corrected chi connectivity index (χ4v) is 1.94. The lowest BCUT2D eigenvalue weighted by atomic mass is 10.0. The molecular formula is C11H17N3. The first kappa shape index (κ1) is 9.62. The van der Waals surface area contributed by atoms with E-state index in [4.69, 9.17) is 0 Å². The zero-order valence-electron chi connectivity index (χ0n) is 8.61. The van der Waals surface area contributed by atoms with Crippen LogP contribution in [0.4, 0.5) is 0 Å². The molecule has 1 aliphatic rings. The Kier molecular flexibility index (Phi) is 3.11. The van der Waals surface area contributed by atoms with Gasteiger partial charge in [-0.1, -0.05) is 0 Å². The molecule has 2 heterocycles. The van der Waals surface area contributed by atoms with Crippen LogP contribution in [-0.4, -0.2) is 43.1 Å². The molecule has 3 heteroatoms. The Bertz CT molecular complexity index is 273. The van der Waals surface area contributed by atoms with Crippen molar-refractivity contribution in [3.8, 4) is 0 Å². The van der Waals surface area contributed by atoms with Gasteiger partial charge < -0.3 is 10.2 Å². The second-order valence-corrected chi connectivity index (χ2v) is 3.94. The fourth-order valence-electron chi connectivity index (χ4n) is 1.94. The van der Waals surface area contributed by atoms with E-state index < -0.39 is 0 Å². The number of rotatable bonds is 1. The van der Waals surface area contributed by atoms with Crippen molar-refractivity contribution < 1.29 is 0 Å². The third-order valence-corrected chi connectivity index (χ3v) is 2.77. The molecule has 0 bridgehead atoms. The predicted octanol–water partition coefficient (Wildman–Crippen LogP) is 0.700. The maximum absolute atomic E-state index is 4.05. The van der Waals surface area contributed by atoms with E-state index in [9.17, 15) is 0 Å². The molecule has 1 fully saturated rings. The Labute approximate surface area is 85.1 Å². The van der Waals surface area contributed by atoms with Gasteiger partial charge in [0.2, 0.25) is 0 Å². The molecule has 3 nitrogen and oxygen atoms in total. The van der Waals surface area contributed by atoms with Gasteiger partial charge in [-0.25, -0.2) is 0 Å². The normalized spacial score (nSPS) is 24.5. The lowest BCUT2D eigenvalue weighted by Crippen LogP contribution is -2.24. The average Bonchev–Trinajstić information content (AvgIpc) is 2.44. The van der Waals surface area contributed by atoms with Crippen LogP contribution in [0.1, 0.15) is 11.5 Å². The van der Waals surface area contributed by atoms with Crippen molar-refractivity contribution in [2.45, 2.75) is 5.92 Å². The molecule has 1 aromatic rings. The van der Waals surface area contributed by atoms with Gasteiger partial charge in [0, 0.05) is 44.5 Å². The predicted molar refractivity (Wildman–Crippen MR) is 57.3 cm³/mol. The summed E-state index contributed by atoms with van der Waals surface area (Å²) in [6.07, 6.45) is 3.75. The molecule has 0 aromatic carbocycles. The zero-order chi connectivity index (χ0) is 9.80. The number of nitrogens with zero attached hydrogens (tertiary/aromatic N) is 2. The Hall–Kier alpha value is -0.930. The van der Waals surface area contributed by atoms with Crippen molar-refractivity contribution in [2.75, 3.05) is 33.2 Å². The Morgan fingerprint density at radius 1 is 1.43 bits per heavy atom. The maximum atomic E-state index is 4.05. The van der Waals surface area contributed by atoms with Gasteiger partial charge in [-0.05, 0) is 24.7 Å². The van der Waals surface area contributed by atoms with Gasteiger partial charge in [-0.3, -0.25) is 4.98 Å². The molecule has 1 atom stereocenters. The molecule has 0 saturated carbocycles. The van der Waals surface area contributed by atoms with Crippen molar-refractivity contribution in [2.24, 2.45) is 0 Å². The van der Waals surface area contributed by atoms with Crippen molar-refractivity contribution in [3.05, 3.63) is 30.1 Å². The summed E-state index contributed by atoms with van der Waals surface area (Å²) < 4.78 is 0. The molecular weight excluding hydrogens is 174 g/mol. The van der Waals surface area contributed by atoms with E-state index in [0.717, 1.165) is 26.2 Å². The highest BCUT2D eigenvalue weighted by Gasteiger charge is 2.16. The largest absolute Gasteiger partial charge is 0.315 e. The monoisotopic (exact) mass is 191 g/mol. The molecule has 14 heavy (non-hydrogen) atoms. The summed E-state index contributed by atoms with van der Waals surface area (Å²) in [7, 11) is 2.18. The molecule has 2 rings (SSSR count). The van der Waals surface area contributed by atoms with Crippen LogP contribution >= 0.6 is 0 Å². The van der Waals surface area contributed by atoms with E-state index in [1.807, 2.05) is 12.4 Å². The van der Waals surface area contributed by atoms with Gasteiger partial charge in [-0.15, -0.1) is 0 Å². The van der Waals surface area contributed by atoms with Crippen LogP contribution < -0.4 is 5.32 Å². The van der Waals surface area contributed by atoms with Crippen LogP contribution in [0.15, 0.2) is 24.5 Å². The molecule has 76 valence electrons. The molecule has 1 N–H and O–H groups in total. The van der Waals surface area contributed by atoms with Crippen molar-refractivity contribution >= 4 is 0 Å². The Morgan fingerprint density at radius 2 is 2.21 bits per heavy atom. The lowest BCUT2D eigenvalue weighted by Gasteiger charge is -2.19. The van der Waals surface area contributed by atoms with E-state index in [0.29, 0.717) is 5.92 Å². The van der Waals surface area contributed by atoms with E-state index in [1.165, 1.54) is 5.56 Å². The van der Waals surface area contributed by atoms with Gasteiger partial charge in [0.05, 0.1) is 0 Å². The number of hydrogen-bond donors (Lipinski definition) is 1. The second kappa shape index (κ2) is 4.53. The van der Waals surface area contributed by atoms with E-state index in [-0.39, 0.29) is 0 Å². The van der Waals surface area contributed by atoms with Crippen LogP contribution in [-0.2, 0) is 0 Å². The number of hydrogen-bond acceptors (Lipinski definition) is 3. The highest BCUT2D eigenvalue weighted by molar-refractivity contribution is 5.17. The number of likely N-dealkylation sites (N-methyl/N-ethyl adjacent to an activating group) is 1. The van der Waals surface area contributed by atoms with Crippen LogP contribution in [0.25, 0.3) is 0 Å². The highest BCUT2D eigenvalue weighted by atomic mass is 15.1. The van der Waals surface area contributed by atoms with Crippen molar-refractivity contribution in [1.82, 2.24) is 15.2 Å². The van der Waals surface area contributed by atoms with Gasteiger partial charge in [0.15, 0.2) is 0 Å². The fraction of sp³-hybridized carbons (Fsp3) is 0.545. The number of pyridine rings is 1. The Balaban J connectivity index is 2.09. The molecule has 1 aromatic heterocycles. The quantitative estimate of drug-likeness (QED) is 0.708. The van der Waals surface area contributed by atoms with Crippen LogP contribution in [0.3, 0.4) is 0 Å². The number of nitrogens with one attached hydrogen (secondary N) is 1. The smallest absolute Gasteiger partial charge is 0.0270 e. The average molecular weight is 191 g/mol. The zero-order valence-corrected chi connectivity index (χ0v) is 8.61. The second-order valence-electron chi connectivity index (χ2n) is 3.94. The minimum absolute atomic E-state index is 0.602. The van der Waals surface area contributed by atoms with Gasteiger partial charge >= 0.3 is 0 Å². The van der Waals surface area contributed by atoms with Crippen LogP contribution in [0.2, 0.25) is 0 Å². The maximum Gasteiger partial charge on any atom is 0.0270 e.